The van der Waals surface area contributed by atoms with Crippen molar-refractivity contribution in [2.75, 3.05) is 45.0 Å². The minimum absolute atomic E-state index is 0. The first-order valence-electron chi connectivity index (χ1n) is 9.12. The van der Waals surface area contributed by atoms with E-state index in [1.807, 2.05) is 6.92 Å². The monoisotopic (exact) mass is 491 g/mol. The van der Waals surface area contributed by atoms with E-state index in [2.05, 4.69) is 46.0 Å². The van der Waals surface area contributed by atoms with Crippen molar-refractivity contribution >= 4 is 40.0 Å². The van der Waals surface area contributed by atoms with Gasteiger partial charge in [0.2, 0.25) is 10.0 Å². The first-order chi connectivity index (χ1) is 11.4. The van der Waals surface area contributed by atoms with Gasteiger partial charge in [0.15, 0.2) is 5.96 Å². The van der Waals surface area contributed by atoms with Gasteiger partial charge in [0.25, 0.3) is 0 Å². The molecule has 0 spiro atoms. The number of halogens is 1. The Morgan fingerprint density at radius 2 is 1.80 bits per heavy atom. The molecule has 0 saturated carbocycles. The van der Waals surface area contributed by atoms with Crippen LogP contribution in [0.5, 0.6) is 0 Å². The number of hydrogen-bond acceptors (Lipinski definition) is 4. The van der Waals surface area contributed by atoms with Crippen molar-refractivity contribution in [3.8, 4) is 0 Å². The van der Waals surface area contributed by atoms with Gasteiger partial charge in [-0.25, -0.2) is 13.1 Å². The maximum Gasteiger partial charge on any atom is 0.211 e. The van der Waals surface area contributed by atoms with Crippen molar-refractivity contribution in [2.45, 2.75) is 53.5 Å². The molecule has 25 heavy (non-hydrogen) atoms. The molecule has 0 bridgehead atoms. The highest BCUT2D eigenvalue weighted by atomic mass is 127. The fraction of sp³-hybridized carbons (Fsp3) is 0.938. The van der Waals surface area contributed by atoms with Crippen molar-refractivity contribution in [3.63, 3.8) is 0 Å². The Balaban J connectivity index is 0. The van der Waals surface area contributed by atoms with Gasteiger partial charge >= 0.3 is 0 Å². The van der Waals surface area contributed by atoms with E-state index in [9.17, 15) is 8.42 Å². The van der Waals surface area contributed by atoms with Crippen molar-refractivity contribution in [2.24, 2.45) is 4.99 Å². The number of aliphatic imine (C=N–C) groups is 1. The van der Waals surface area contributed by atoms with Gasteiger partial charge in [-0.05, 0) is 53.2 Å². The van der Waals surface area contributed by atoms with Crippen LogP contribution in [0.25, 0.3) is 0 Å². The Kier molecular flexibility index (Phi) is 17.4. The van der Waals surface area contributed by atoms with Crippen LogP contribution in [0.4, 0.5) is 0 Å². The molecule has 1 unspecified atom stereocenters. The van der Waals surface area contributed by atoms with Crippen molar-refractivity contribution in [3.05, 3.63) is 0 Å². The highest BCUT2D eigenvalue weighted by Gasteiger charge is 2.07. The first-order valence-corrected chi connectivity index (χ1v) is 10.8. The Hall–Kier alpha value is -0.130. The van der Waals surface area contributed by atoms with E-state index in [0.29, 0.717) is 19.1 Å². The third-order valence-corrected chi connectivity index (χ3v) is 5.22. The molecular formula is C16H38IN5O2S. The maximum absolute atomic E-state index is 11.4. The Morgan fingerprint density at radius 3 is 2.32 bits per heavy atom. The fourth-order valence-corrected chi connectivity index (χ4v) is 2.86. The van der Waals surface area contributed by atoms with E-state index in [1.54, 1.807) is 6.92 Å². The predicted octanol–water partition coefficient (Wildman–Crippen LogP) is 1.61. The number of nitrogens with zero attached hydrogens (tertiary/aromatic N) is 2. The van der Waals surface area contributed by atoms with Crippen molar-refractivity contribution in [1.82, 2.24) is 20.3 Å². The number of rotatable bonds is 13. The molecule has 3 N–H and O–H groups in total. The van der Waals surface area contributed by atoms with Gasteiger partial charge in [-0.15, -0.1) is 24.0 Å². The van der Waals surface area contributed by atoms with Gasteiger partial charge in [-0.2, -0.15) is 0 Å². The molecule has 0 aliphatic heterocycles. The normalized spacial score (nSPS) is 13.4. The van der Waals surface area contributed by atoms with E-state index in [0.717, 1.165) is 45.0 Å². The highest BCUT2D eigenvalue weighted by Crippen LogP contribution is 1.99. The van der Waals surface area contributed by atoms with Gasteiger partial charge < -0.3 is 15.5 Å². The lowest BCUT2D eigenvalue weighted by Crippen LogP contribution is -2.43. The zero-order chi connectivity index (χ0) is 18.4. The maximum atomic E-state index is 11.4. The molecule has 0 amide bonds. The molecule has 0 fully saturated rings. The highest BCUT2D eigenvalue weighted by molar-refractivity contribution is 14.0. The van der Waals surface area contributed by atoms with Crippen LogP contribution in [0.2, 0.25) is 0 Å². The molecule has 0 aliphatic rings. The summed E-state index contributed by atoms with van der Waals surface area (Å²) in [6, 6.07) is 0.325. The number of nitrogens with one attached hydrogen (secondary N) is 3. The minimum Gasteiger partial charge on any atom is -0.357 e. The van der Waals surface area contributed by atoms with Gasteiger partial charge in [0.1, 0.15) is 0 Å². The smallest absolute Gasteiger partial charge is 0.211 e. The number of sulfonamides is 1. The van der Waals surface area contributed by atoms with E-state index in [-0.39, 0.29) is 29.7 Å². The van der Waals surface area contributed by atoms with Crippen molar-refractivity contribution < 1.29 is 8.42 Å². The average molecular weight is 491 g/mol. The van der Waals surface area contributed by atoms with Crippen LogP contribution in [0, 0.1) is 0 Å². The van der Waals surface area contributed by atoms with Gasteiger partial charge in [0, 0.05) is 19.1 Å². The van der Waals surface area contributed by atoms with Crippen LogP contribution in [-0.4, -0.2) is 70.3 Å². The summed E-state index contributed by atoms with van der Waals surface area (Å²) < 4.78 is 25.3. The second-order valence-electron chi connectivity index (χ2n) is 5.77. The molecule has 0 heterocycles. The minimum atomic E-state index is -3.14. The summed E-state index contributed by atoms with van der Waals surface area (Å²) in [5.74, 6) is 0.835. The molecular weight excluding hydrogens is 453 g/mol. The van der Waals surface area contributed by atoms with Crippen LogP contribution in [-0.2, 0) is 10.0 Å². The summed E-state index contributed by atoms with van der Waals surface area (Å²) in [5, 5.41) is 6.58. The molecule has 0 aromatic carbocycles. The SMILES string of the molecule is CCNC(=NCCNS(=O)(=O)CC)NC(C)CCCN(CC)CC.I. The van der Waals surface area contributed by atoms with Gasteiger partial charge in [0.05, 0.1) is 12.3 Å². The summed E-state index contributed by atoms with van der Waals surface area (Å²) in [4.78, 5) is 6.85. The molecule has 1 atom stereocenters. The van der Waals surface area contributed by atoms with Crippen LogP contribution in [0.1, 0.15) is 47.5 Å². The molecule has 0 radical (unpaired) electrons. The Morgan fingerprint density at radius 1 is 1.16 bits per heavy atom. The van der Waals surface area contributed by atoms with E-state index < -0.39 is 10.0 Å². The standard InChI is InChI=1S/C16H37N5O2S.HI/c1-6-17-16(18-12-13-19-24(22,23)9-4)20-15(5)11-10-14-21(7-2)8-3;/h15,19H,6-14H2,1-5H3,(H2,17,18,20);1H. The molecule has 152 valence electrons. The molecule has 0 rings (SSSR count). The second-order valence-corrected chi connectivity index (χ2v) is 7.87. The predicted molar refractivity (Wildman–Crippen MR) is 118 cm³/mol. The summed E-state index contributed by atoms with van der Waals surface area (Å²) in [6.45, 7) is 15.0. The third-order valence-electron chi connectivity index (χ3n) is 3.82. The summed E-state index contributed by atoms with van der Waals surface area (Å²) >= 11 is 0. The summed E-state index contributed by atoms with van der Waals surface area (Å²) in [7, 11) is -3.14. The lowest BCUT2D eigenvalue weighted by atomic mass is 10.2. The quantitative estimate of drug-likeness (QED) is 0.158. The molecule has 9 heteroatoms. The van der Waals surface area contributed by atoms with Crippen LogP contribution in [0.15, 0.2) is 4.99 Å². The topological polar surface area (TPSA) is 85.8 Å². The van der Waals surface area contributed by atoms with E-state index >= 15 is 0 Å². The summed E-state index contributed by atoms with van der Waals surface area (Å²) in [5.41, 5.74) is 0. The summed E-state index contributed by atoms with van der Waals surface area (Å²) in [6.07, 6.45) is 2.22. The molecule has 7 nitrogen and oxygen atoms in total. The number of guanidine groups is 1. The van der Waals surface area contributed by atoms with Crippen LogP contribution in [0.3, 0.4) is 0 Å². The van der Waals surface area contributed by atoms with Crippen LogP contribution >= 0.6 is 24.0 Å². The molecule has 0 aromatic rings. The first kappa shape index (κ1) is 27.1. The third kappa shape index (κ3) is 14.7. The lowest BCUT2D eigenvalue weighted by molar-refractivity contribution is 0.292. The number of hydrogen-bond donors (Lipinski definition) is 3. The molecule has 0 saturated heterocycles. The zero-order valence-electron chi connectivity index (χ0n) is 16.5. The second kappa shape index (κ2) is 16.1. The van der Waals surface area contributed by atoms with Crippen LogP contribution < -0.4 is 15.4 Å². The fourth-order valence-electron chi connectivity index (χ4n) is 2.26. The van der Waals surface area contributed by atoms with E-state index in [1.165, 1.54) is 0 Å². The Bertz CT molecular complexity index is 442. The zero-order valence-corrected chi connectivity index (χ0v) is 19.6. The molecule has 0 aliphatic carbocycles. The average Bonchev–Trinajstić information content (AvgIpc) is 2.55. The van der Waals surface area contributed by atoms with Crippen molar-refractivity contribution in [1.29, 1.82) is 0 Å². The van der Waals surface area contributed by atoms with Gasteiger partial charge in [-0.3, -0.25) is 4.99 Å². The molecule has 0 aromatic heterocycles. The van der Waals surface area contributed by atoms with E-state index in [4.69, 9.17) is 0 Å². The Labute approximate surface area is 171 Å². The largest absolute Gasteiger partial charge is 0.357 e. The van der Waals surface area contributed by atoms with Gasteiger partial charge in [-0.1, -0.05) is 13.8 Å². The lowest BCUT2D eigenvalue weighted by Gasteiger charge is -2.21.